The zero-order chi connectivity index (χ0) is 17.9. The van der Waals surface area contributed by atoms with Crippen LogP contribution < -0.4 is 5.32 Å². The molecule has 7 heteroatoms. The van der Waals surface area contributed by atoms with Gasteiger partial charge in [-0.05, 0) is 43.3 Å². The topological polar surface area (TPSA) is 65.5 Å². The van der Waals surface area contributed by atoms with Crippen molar-refractivity contribution in [2.45, 2.75) is 18.2 Å². The van der Waals surface area contributed by atoms with Crippen molar-refractivity contribution in [3.63, 3.8) is 0 Å². The minimum Gasteiger partial charge on any atom is -0.340 e. The average Bonchev–Trinajstić information content (AvgIpc) is 2.63. The van der Waals surface area contributed by atoms with E-state index in [1.807, 2.05) is 19.2 Å². The number of hydrogen-bond donors (Lipinski definition) is 1. The van der Waals surface area contributed by atoms with Gasteiger partial charge in [0.15, 0.2) is 0 Å². The Hall–Kier alpha value is -1.96. The van der Waals surface area contributed by atoms with Crippen LogP contribution in [0.2, 0.25) is 0 Å². The molecule has 0 unspecified atom stereocenters. The van der Waals surface area contributed by atoms with Crippen LogP contribution >= 0.6 is 0 Å². The molecule has 25 heavy (non-hydrogen) atoms. The highest BCUT2D eigenvalue weighted by Gasteiger charge is 2.27. The van der Waals surface area contributed by atoms with Crippen LogP contribution in [0.4, 0.5) is 11.5 Å². The monoisotopic (exact) mass is 360 g/mol. The highest BCUT2D eigenvalue weighted by atomic mass is 32.2. The molecule has 0 amide bonds. The van der Waals surface area contributed by atoms with E-state index in [1.54, 1.807) is 12.1 Å². The number of hydrogen-bond acceptors (Lipinski definition) is 5. The van der Waals surface area contributed by atoms with Gasteiger partial charge in [-0.25, -0.2) is 13.4 Å². The third-order valence-corrected chi connectivity index (χ3v) is 6.35. The molecule has 0 radical (unpaired) electrons. The van der Waals surface area contributed by atoms with Crippen LogP contribution in [0.5, 0.6) is 0 Å². The summed E-state index contributed by atoms with van der Waals surface area (Å²) >= 11 is 0. The molecule has 0 spiro atoms. The van der Waals surface area contributed by atoms with E-state index >= 15 is 0 Å². The molecule has 1 aliphatic heterocycles. The van der Waals surface area contributed by atoms with Crippen LogP contribution in [0.15, 0.2) is 47.5 Å². The summed E-state index contributed by atoms with van der Waals surface area (Å²) in [5.74, 6) is 0.626. The lowest BCUT2D eigenvalue weighted by Crippen LogP contribution is -2.47. The Kier molecular flexibility index (Phi) is 5.36. The first-order valence-electron chi connectivity index (χ1n) is 8.50. The van der Waals surface area contributed by atoms with Gasteiger partial charge in [0.1, 0.15) is 10.7 Å². The maximum absolute atomic E-state index is 12.7. The lowest BCUT2D eigenvalue weighted by atomic mass is 10.1. The number of pyridine rings is 1. The Morgan fingerprint density at radius 1 is 1.04 bits per heavy atom. The minimum atomic E-state index is -3.47. The van der Waals surface area contributed by atoms with E-state index < -0.39 is 10.0 Å². The normalized spacial score (nSPS) is 16.7. The first-order chi connectivity index (χ1) is 12.0. The lowest BCUT2D eigenvalue weighted by molar-refractivity contribution is 0.222. The molecule has 1 aromatic carbocycles. The summed E-state index contributed by atoms with van der Waals surface area (Å²) in [7, 11) is -1.47. The molecule has 1 N–H and O–H groups in total. The fraction of sp³-hybridized carbons (Fsp3) is 0.389. The summed E-state index contributed by atoms with van der Waals surface area (Å²) in [6.45, 7) is 4.65. The number of sulfonamides is 1. The Bertz CT molecular complexity index is 796. The van der Waals surface area contributed by atoms with Crippen LogP contribution in [0.25, 0.3) is 0 Å². The molecule has 1 aliphatic rings. The van der Waals surface area contributed by atoms with Gasteiger partial charge >= 0.3 is 0 Å². The molecular weight excluding hydrogens is 336 g/mol. The van der Waals surface area contributed by atoms with E-state index in [2.05, 4.69) is 34.3 Å². The average molecular weight is 360 g/mol. The first-order valence-corrected chi connectivity index (χ1v) is 9.94. The third kappa shape index (κ3) is 4.18. The van der Waals surface area contributed by atoms with Crippen molar-refractivity contribution in [1.29, 1.82) is 0 Å². The molecule has 0 bridgehead atoms. The van der Waals surface area contributed by atoms with E-state index in [1.165, 1.54) is 16.1 Å². The number of rotatable bonds is 5. The number of aryl methyl sites for hydroxylation is 1. The molecule has 0 atom stereocenters. The zero-order valence-electron chi connectivity index (χ0n) is 14.6. The zero-order valence-corrected chi connectivity index (χ0v) is 15.5. The smallest absolute Gasteiger partial charge is 0.244 e. The van der Waals surface area contributed by atoms with Gasteiger partial charge in [-0.15, -0.1) is 0 Å². The summed E-state index contributed by atoms with van der Waals surface area (Å²) in [5, 5.41) is 3.19. The second kappa shape index (κ2) is 7.51. The van der Waals surface area contributed by atoms with Gasteiger partial charge in [0.05, 0.1) is 0 Å². The molecule has 1 fully saturated rings. The highest BCUT2D eigenvalue weighted by Crippen LogP contribution is 2.20. The number of likely N-dealkylation sites (N-methyl/N-ethyl adjacent to an activating group) is 1. The minimum absolute atomic E-state index is 0.240. The van der Waals surface area contributed by atoms with Crippen molar-refractivity contribution in [2.75, 3.05) is 38.5 Å². The largest absolute Gasteiger partial charge is 0.340 e. The van der Waals surface area contributed by atoms with Crippen LogP contribution in [-0.2, 0) is 16.4 Å². The first kappa shape index (κ1) is 17.8. The fourth-order valence-electron chi connectivity index (χ4n) is 2.76. The standard InChI is InChI=1S/C18H24N4O2S/c1-3-15-4-6-16(7-5-15)20-18-9-8-17(14-19-18)25(23,24)22-12-10-21(2)11-13-22/h4-9,14H,3,10-13H2,1-2H3,(H,19,20). The second-order valence-electron chi connectivity index (χ2n) is 6.26. The van der Waals surface area contributed by atoms with E-state index in [4.69, 9.17) is 0 Å². The fourth-order valence-corrected chi connectivity index (χ4v) is 4.12. The lowest BCUT2D eigenvalue weighted by Gasteiger charge is -2.31. The number of benzene rings is 1. The molecule has 3 rings (SSSR count). The predicted molar refractivity (Wildman–Crippen MR) is 99.6 cm³/mol. The molecule has 2 heterocycles. The van der Waals surface area contributed by atoms with Crippen LogP contribution in [0.3, 0.4) is 0 Å². The van der Waals surface area contributed by atoms with Crippen LogP contribution in [0.1, 0.15) is 12.5 Å². The molecule has 1 aromatic heterocycles. The maximum Gasteiger partial charge on any atom is 0.244 e. The van der Waals surface area contributed by atoms with Gasteiger partial charge in [0.25, 0.3) is 0 Å². The van der Waals surface area contributed by atoms with E-state index in [0.29, 0.717) is 18.9 Å². The van der Waals surface area contributed by atoms with E-state index in [0.717, 1.165) is 25.2 Å². The van der Waals surface area contributed by atoms with Crippen LogP contribution in [0, 0.1) is 0 Å². The number of nitrogens with one attached hydrogen (secondary N) is 1. The van der Waals surface area contributed by atoms with Crippen molar-refractivity contribution in [2.24, 2.45) is 0 Å². The number of aromatic nitrogens is 1. The third-order valence-electron chi connectivity index (χ3n) is 4.47. The highest BCUT2D eigenvalue weighted by molar-refractivity contribution is 7.89. The van der Waals surface area contributed by atoms with Gasteiger partial charge in [0, 0.05) is 38.1 Å². The van der Waals surface area contributed by atoms with Crippen LogP contribution in [-0.4, -0.2) is 55.8 Å². The number of anilines is 2. The SMILES string of the molecule is CCc1ccc(Nc2ccc(S(=O)(=O)N3CCN(C)CC3)cn2)cc1. The van der Waals surface area contributed by atoms with Gasteiger partial charge in [-0.3, -0.25) is 0 Å². The molecule has 0 aliphatic carbocycles. The quantitative estimate of drug-likeness (QED) is 0.886. The van der Waals surface area contributed by atoms with Crippen molar-refractivity contribution in [3.05, 3.63) is 48.2 Å². The molecule has 0 saturated carbocycles. The Balaban J connectivity index is 1.70. The maximum atomic E-state index is 12.7. The van der Waals surface area contributed by atoms with Crippen molar-refractivity contribution < 1.29 is 8.42 Å². The number of nitrogens with zero attached hydrogens (tertiary/aromatic N) is 3. The van der Waals surface area contributed by atoms with Crippen molar-refractivity contribution in [1.82, 2.24) is 14.2 Å². The van der Waals surface area contributed by atoms with Gasteiger partial charge < -0.3 is 10.2 Å². The van der Waals surface area contributed by atoms with Gasteiger partial charge in [-0.2, -0.15) is 4.31 Å². The van der Waals surface area contributed by atoms with Crippen molar-refractivity contribution in [3.8, 4) is 0 Å². The summed E-state index contributed by atoms with van der Waals surface area (Å²) in [4.78, 5) is 6.63. The second-order valence-corrected chi connectivity index (χ2v) is 8.20. The Morgan fingerprint density at radius 3 is 2.28 bits per heavy atom. The molecular formula is C18H24N4O2S. The summed E-state index contributed by atoms with van der Waals surface area (Å²) in [6, 6.07) is 11.4. The summed E-state index contributed by atoms with van der Waals surface area (Å²) in [5.41, 5.74) is 2.20. The molecule has 6 nitrogen and oxygen atoms in total. The Labute approximate surface area is 149 Å². The summed E-state index contributed by atoms with van der Waals surface area (Å²) in [6.07, 6.45) is 2.42. The number of piperazine rings is 1. The predicted octanol–water partition coefficient (Wildman–Crippen LogP) is 2.32. The summed E-state index contributed by atoms with van der Waals surface area (Å²) < 4.78 is 26.9. The van der Waals surface area contributed by atoms with Gasteiger partial charge in [-0.1, -0.05) is 19.1 Å². The molecule has 2 aromatic rings. The van der Waals surface area contributed by atoms with E-state index in [-0.39, 0.29) is 4.90 Å². The van der Waals surface area contributed by atoms with Crippen molar-refractivity contribution >= 4 is 21.5 Å². The van der Waals surface area contributed by atoms with E-state index in [9.17, 15) is 8.42 Å². The molecule has 134 valence electrons. The molecule has 1 saturated heterocycles. The van der Waals surface area contributed by atoms with Gasteiger partial charge in [0.2, 0.25) is 10.0 Å². The Morgan fingerprint density at radius 2 is 1.72 bits per heavy atom.